The first-order valence-corrected chi connectivity index (χ1v) is 10.4. The molecule has 0 bridgehead atoms. The van der Waals surface area contributed by atoms with Crippen molar-refractivity contribution in [3.05, 3.63) is 64.8 Å². The summed E-state index contributed by atoms with van der Waals surface area (Å²) in [5, 5.41) is 3.09. The molecule has 0 aliphatic rings. The van der Waals surface area contributed by atoms with Crippen molar-refractivity contribution < 1.29 is 28.2 Å². The first-order chi connectivity index (χ1) is 14.9. The van der Waals surface area contributed by atoms with Gasteiger partial charge in [-0.2, -0.15) is 0 Å². The molecule has 8 heteroatoms. The molecule has 2 aromatic carbocycles. The van der Waals surface area contributed by atoms with Gasteiger partial charge in [0.25, 0.3) is 5.91 Å². The summed E-state index contributed by atoms with van der Waals surface area (Å²) in [6.45, 7) is 3.44. The molecule has 0 fully saturated rings. The normalized spacial score (nSPS) is 10.5. The molecule has 1 heterocycles. The van der Waals surface area contributed by atoms with Crippen molar-refractivity contribution in [1.82, 2.24) is 0 Å². The minimum absolute atomic E-state index is 0.181. The Balaban J connectivity index is 1.86. The Morgan fingerprint density at radius 3 is 2.39 bits per heavy atom. The van der Waals surface area contributed by atoms with Crippen molar-refractivity contribution in [3.8, 4) is 22.6 Å². The van der Waals surface area contributed by atoms with E-state index in [0.29, 0.717) is 27.6 Å². The summed E-state index contributed by atoms with van der Waals surface area (Å²) in [6, 6.07) is 12.8. The Labute approximate surface area is 183 Å². The number of esters is 1. The number of rotatable bonds is 8. The van der Waals surface area contributed by atoms with Crippen LogP contribution in [0.3, 0.4) is 0 Å². The smallest absolute Gasteiger partial charge is 0.341 e. The van der Waals surface area contributed by atoms with Gasteiger partial charge in [0.2, 0.25) is 0 Å². The number of methoxy groups -OCH3 is 1. The van der Waals surface area contributed by atoms with E-state index in [1.165, 1.54) is 30.6 Å². The van der Waals surface area contributed by atoms with Gasteiger partial charge in [-0.3, -0.25) is 4.79 Å². The summed E-state index contributed by atoms with van der Waals surface area (Å²) >= 11 is 1.25. The number of amides is 1. The van der Waals surface area contributed by atoms with Crippen LogP contribution < -0.4 is 14.8 Å². The van der Waals surface area contributed by atoms with Crippen molar-refractivity contribution in [2.24, 2.45) is 0 Å². The molecule has 3 rings (SSSR count). The van der Waals surface area contributed by atoms with Gasteiger partial charge in [0, 0.05) is 10.4 Å². The van der Waals surface area contributed by atoms with E-state index < -0.39 is 11.9 Å². The van der Waals surface area contributed by atoms with E-state index in [2.05, 4.69) is 5.32 Å². The summed E-state index contributed by atoms with van der Waals surface area (Å²) < 4.78 is 29.3. The van der Waals surface area contributed by atoms with Crippen molar-refractivity contribution in [2.75, 3.05) is 25.6 Å². The number of hydrogen-bond donors (Lipinski definition) is 1. The van der Waals surface area contributed by atoms with Gasteiger partial charge in [0.1, 0.15) is 16.4 Å². The number of halogens is 1. The van der Waals surface area contributed by atoms with E-state index in [1.807, 2.05) is 6.92 Å². The predicted octanol–water partition coefficient (Wildman–Crippen LogP) is 5.07. The van der Waals surface area contributed by atoms with Crippen LogP contribution in [-0.2, 0) is 9.53 Å². The first kappa shape index (κ1) is 22.3. The van der Waals surface area contributed by atoms with Gasteiger partial charge in [0.05, 0.1) is 13.7 Å². The van der Waals surface area contributed by atoms with E-state index in [9.17, 15) is 14.0 Å². The van der Waals surface area contributed by atoms with Crippen molar-refractivity contribution in [2.45, 2.75) is 13.8 Å². The number of anilines is 1. The fourth-order valence-electron chi connectivity index (χ4n) is 3.04. The molecule has 0 radical (unpaired) electrons. The molecule has 0 aliphatic carbocycles. The van der Waals surface area contributed by atoms with Crippen LogP contribution in [0, 0.1) is 12.7 Å². The maximum Gasteiger partial charge on any atom is 0.341 e. The Morgan fingerprint density at radius 2 is 1.74 bits per heavy atom. The second kappa shape index (κ2) is 10.1. The summed E-state index contributed by atoms with van der Waals surface area (Å²) in [5.41, 5.74) is 1.50. The van der Waals surface area contributed by atoms with Gasteiger partial charge in [0.15, 0.2) is 18.1 Å². The SMILES string of the molecule is CCOC(=O)c1c(NC(=O)COc2ccccc2OC)sc(C)c1-c1ccc(F)cc1. The Morgan fingerprint density at radius 1 is 1.06 bits per heavy atom. The lowest BCUT2D eigenvalue weighted by Gasteiger charge is -2.11. The molecule has 1 aromatic heterocycles. The minimum Gasteiger partial charge on any atom is -0.493 e. The number of carbonyl (C=O) groups excluding carboxylic acids is 2. The van der Waals surface area contributed by atoms with E-state index in [4.69, 9.17) is 14.2 Å². The van der Waals surface area contributed by atoms with E-state index in [1.54, 1.807) is 43.3 Å². The molecule has 3 aromatic rings. The minimum atomic E-state index is -0.563. The number of para-hydroxylation sites is 2. The van der Waals surface area contributed by atoms with Gasteiger partial charge < -0.3 is 19.5 Å². The molecule has 0 saturated carbocycles. The van der Waals surface area contributed by atoms with Gasteiger partial charge in [-0.25, -0.2) is 9.18 Å². The summed E-state index contributed by atoms with van der Waals surface area (Å²) in [6.07, 6.45) is 0. The largest absolute Gasteiger partial charge is 0.493 e. The van der Waals surface area contributed by atoms with Crippen LogP contribution >= 0.6 is 11.3 Å². The fraction of sp³-hybridized carbons (Fsp3) is 0.217. The molecule has 6 nitrogen and oxygen atoms in total. The molecule has 162 valence electrons. The van der Waals surface area contributed by atoms with Crippen molar-refractivity contribution in [3.63, 3.8) is 0 Å². The van der Waals surface area contributed by atoms with Gasteiger partial charge >= 0.3 is 5.97 Å². The van der Waals surface area contributed by atoms with Crippen LogP contribution in [0.4, 0.5) is 9.39 Å². The lowest BCUT2D eigenvalue weighted by Crippen LogP contribution is -2.21. The molecule has 0 atom stereocenters. The standard InChI is InChI=1S/C23H22FNO5S/c1-4-29-23(27)21-20(15-9-11-16(24)12-10-15)14(2)31-22(21)25-19(26)13-30-18-8-6-5-7-17(18)28-3/h5-12H,4,13H2,1-3H3,(H,25,26). The molecule has 31 heavy (non-hydrogen) atoms. The quantitative estimate of drug-likeness (QED) is 0.493. The summed E-state index contributed by atoms with van der Waals surface area (Å²) in [4.78, 5) is 26.0. The van der Waals surface area contributed by atoms with Crippen LogP contribution in [0.15, 0.2) is 48.5 Å². The van der Waals surface area contributed by atoms with Crippen LogP contribution in [0.1, 0.15) is 22.2 Å². The average Bonchev–Trinajstić information content (AvgIpc) is 3.08. The second-order valence-electron chi connectivity index (χ2n) is 6.45. The summed E-state index contributed by atoms with van der Waals surface area (Å²) in [5.74, 6) is -0.444. The number of benzene rings is 2. The molecule has 0 aliphatic heterocycles. The maximum absolute atomic E-state index is 13.4. The predicted molar refractivity (Wildman–Crippen MR) is 118 cm³/mol. The highest BCUT2D eigenvalue weighted by atomic mass is 32.1. The lowest BCUT2D eigenvalue weighted by molar-refractivity contribution is -0.118. The van der Waals surface area contributed by atoms with Gasteiger partial charge in [-0.05, 0) is 43.7 Å². The molecular weight excluding hydrogens is 421 g/mol. The molecule has 0 unspecified atom stereocenters. The number of aryl methyl sites for hydroxylation is 1. The Bertz CT molecular complexity index is 1080. The van der Waals surface area contributed by atoms with Crippen molar-refractivity contribution >= 4 is 28.2 Å². The third-order valence-corrected chi connectivity index (χ3v) is 5.40. The molecule has 1 N–H and O–H groups in total. The van der Waals surface area contributed by atoms with E-state index in [0.717, 1.165) is 4.88 Å². The highest BCUT2D eigenvalue weighted by Crippen LogP contribution is 2.40. The topological polar surface area (TPSA) is 73.9 Å². The van der Waals surface area contributed by atoms with Gasteiger partial charge in [-0.15, -0.1) is 11.3 Å². The fourth-order valence-corrected chi connectivity index (χ4v) is 4.12. The third kappa shape index (κ3) is 5.21. The van der Waals surface area contributed by atoms with Crippen LogP contribution in [0.5, 0.6) is 11.5 Å². The number of carbonyl (C=O) groups is 2. The molecule has 0 saturated heterocycles. The number of nitrogens with one attached hydrogen (secondary N) is 1. The second-order valence-corrected chi connectivity index (χ2v) is 7.68. The van der Waals surface area contributed by atoms with E-state index in [-0.39, 0.29) is 24.6 Å². The van der Waals surface area contributed by atoms with E-state index >= 15 is 0 Å². The highest BCUT2D eigenvalue weighted by molar-refractivity contribution is 7.17. The lowest BCUT2D eigenvalue weighted by atomic mass is 10.0. The first-order valence-electron chi connectivity index (χ1n) is 9.56. The number of ether oxygens (including phenoxy) is 3. The Hall–Kier alpha value is -3.39. The Kier molecular flexibility index (Phi) is 7.25. The van der Waals surface area contributed by atoms with Crippen LogP contribution in [-0.4, -0.2) is 32.2 Å². The zero-order chi connectivity index (χ0) is 22.4. The summed E-state index contributed by atoms with van der Waals surface area (Å²) in [7, 11) is 1.51. The number of hydrogen-bond acceptors (Lipinski definition) is 6. The highest BCUT2D eigenvalue weighted by Gasteiger charge is 2.25. The zero-order valence-electron chi connectivity index (χ0n) is 17.4. The van der Waals surface area contributed by atoms with Crippen LogP contribution in [0.25, 0.3) is 11.1 Å². The van der Waals surface area contributed by atoms with Gasteiger partial charge in [-0.1, -0.05) is 24.3 Å². The third-order valence-electron chi connectivity index (χ3n) is 4.38. The monoisotopic (exact) mass is 443 g/mol. The maximum atomic E-state index is 13.4. The molecule has 1 amide bonds. The van der Waals surface area contributed by atoms with Crippen molar-refractivity contribution in [1.29, 1.82) is 0 Å². The molecular formula is C23H22FNO5S. The molecule has 0 spiro atoms. The average molecular weight is 443 g/mol. The number of thiophene rings is 1. The zero-order valence-corrected chi connectivity index (χ0v) is 18.2. The van der Waals surface area contributed by atoms with Crippen LogP contribution in [0.2, 0.25) is 0 Å².